The SMILES string of the molecule is Cc1cc(CC(NC(=O)OC(C)(C)C)c2nccn2CCc2ccccc2)cc2cn(COCC[Si](C)(C)C)nc12. The Hall–Kier alpha value is -3.43. The first-order valence-electron chi connectivity index (χ1n) is 14.5. The van der Waals surface area contributed by atoms with Crippen molar-refractivity contribution in [1.29, 1.82) is 0 Å². The van der Waals surface area contributed by atoms with Crippen LogP contribution in [0.2, 0.25) is 25.7 Å². The number of nitrogens with one attached hydrogen (secondary N) is 1. The summed E-state index contributed by atoms with van der Waals surface area (Å²) in [6, 6.07) is 15.4. The predicted molar refractivity (Wildman–Crippen MR) is 167 cm³/mol. The maximum absolute atomic E-state index is 12.9. The third kappa shape index (κ3) is 9.29. The molecule has 0 aliphatic heterocycles. The second-order valence-corrected chi connectivity index (χ2v) is 18.6. The van der Waals surface area contributed by atoms with Crippen molar-refractivity contribution in [2.24, 2.45) is 0 Å². The normalized spacial score (nSPS) is 13.0. The fraction of sp³-hybridized carbons (Fsp3) is 0.469. The highest BCUT2D eigenvalue weighted by molar-refractivity contribution is 6.76. The van der Waals surface area contributed by atoms with Crippen LogP contribution in [0, 0.1) is 6.92 Å². The summed E-state index contributed by atoms with van der Waals surface area (Å²) < 4.78 is 15.5. The molecule has 0 aliphatic rings. The second kappa shape index (κ2) is 13.0. The van der Waals surface area contributed by atoms with Crippen LogP contribution in [0.1, 0.15) is 49.3 Å². The number of amides is 1. The number of alkyl carbamates (subject to hydrolysis) is 1. The van der Waals surface area contributed by atoms with E-state index in [2.05, 4.69) is 77.8 Å². The Morgan fingerprint density at radius 1 is 1.10 bits per heavy atom. The minimum absolute atomic E-state index is 0.368. The molecule has 2 heterocycles. The third-order valence-corrected chi connectivity index (χ3v) is 8.50. The summed E-state index contributed by atoms with van der Waals surface area (Å²) in [4.78, 5) is 17.6. The number of aryl methyl sites for hydroxylation is 3. The molecule has 2 aromatic carbocycles. The summed E-state index contributed by atoms with van der Waals surface area (Å²) in [6.07, 6.45) is 6.79. The van der Waals surface area contributed by atoms with E-state index in [1.165, 1.54) is 5.56 Å². The van der Waals surface area contributed by atoms with Crippen LogP contribution in [0.25, 0.3) is 10.9 Å². The monoisotopic (exact) mass is 575 g/mol. The minimum Gasteiger partial charge on any atom is -0.444 e. The lowest BCUT2D eigenvalue weighted by atomic mass is 10.0. The second-order valence-electron chi connectivity index (χ2n) is 13.0. The minimum atomic E-state index is -1.13. The number of rotatable bonds is 12. The Balaban J connectivity index is 1.54. The van der Waals surface area contributed by atoms with Crippen molar-refractivity contribution in [2.75, 3.05) is 6.61 Å². The molecular weight excluding hydrogens is 530 g/mol. The van der Waals surface area contributed by atoms with Crippen molar-refractivity contribution in [3.8, 4) is 0 Å². The lowest BCUT2D eigenvalue weighted by Crippen LogP contribution is -2.37. The molecule has 4 rings (SSSR count). The Morgan fingerprint density at radius 2 is 1.85 bits per heavy atom. The van der Waals surface area contributed by atoms with Crippen LogP contribution in [0.15, 0.2) is 61.1 Å². The molecule has 9 heteroatoms. The van der Waals surface area contributed by atoms with Gasteiger partial charge in [-0.15, -0.1) is 0 Å². The molecule has 0 fully saturated rings. The van der Waals surface area contributed by atoms with Gasteiger partial charge in [-0.05, 0) is 62.9 Å². The maximum Gasteiger partial charge on any atom is 0.408 e. The molecule has 0 spiro atoms. The van der Waals surface area contributed by atoms with E-state index in [0.717, 1.165) is 53.5 Å². The molecule has 2 aromatic heterocycles. The first-order valence-corrected chi connectivity index (χ1v) is 18.2. The molecule has 0 saturated heterocycles. The van der Waals surface area contributed by atoms with Crippen LogP contribution >= 0.6 is 0 Å². The van der Waals surface area contributed by atoms with E-state index in [-0.39, 0.29) is 6.04 Å². The lowest BCUT2D eigenvalue weighted by molar-refractivity contribution is 0.0500. The fourth-order valence-corrected chi connectivity index (χ4v) is 5.52. The van der Waals surface area contributed by atoms with Crippen molar-refractivity contribution in [3.63, 3.8) is 0 Å². The highest BCUT2D eigenvalue weighted by atomic mass is 28.3. The standard InChI is InChI=1S/C32H45N5O3Si/c1-24-19-26(20-27-22-37(35-29(24)27)23-39-17-18-41(5,6)7)21-28(34-31(38)40-32(2,3)4)30-33-14-16-36(30)15-13-25-11-9-8-10-12-25/h8-12,14,16,19-20,22,28H,13,15,17-18,21,23H2,1-7H3,(H,34,38). The van der Waals surface area contributed by atoms with Gasteiger partial charge in [0.1, 0.15) is 18.2 Å². The molecule has 1 atom stereocenters. The van der Waals surface area contributed by atoms with Gasteiger partial charge in [-0.3, -0.25) is 0 Å². The van der Waals surface area contributed by atoms with Crippen LogP contribution in [0.4, 0.5) is 4.79 Å². The zero-order chi connectivity index (χ0) is 29.6. The highest BCUT2D eigenvalue weighted by Crippen LogP contribution is 2.25. The van der Waals surface area contributed by atoms with Crippen molar-refractivity contribution in [2.45, 2.75) is 91.1 Å². The van der Waals surface area contributed by atoms with Crippen molar-refractivity contribution >= 4 is 25.1 Å². The summed E-state index contributed by atoms with van der Waals surface area (Å²) in [5, 5.41) is 8.92. The van der Waals surface area contributed by atoms with Gasteiger partial charge in [0.15, 0.2) is 0 Å². The zero-order valence-electron chi connectivity index (χ0n) is 25.6. The van der Waals surface area contributed by atoms with E-state index in [1.807, 2.05) is 43.9 Å². The molecular formula is C32H45N5O3Si. The van der Waals surface area contributed by atoms with E-state index < -0.39 is 19.8 Å². The summed E-state index contributed by atoms with van der Waals surface area (Å²) in [6.45, 7) is 16.7. The average Bonchev–Trinajstić information content (AvgIpc) is 3.51. The van der Waals surface area contributed by atoms with Gasteiger partial charge < -0.3 is 19.4 Å². The Labute approximate surface area is 245 Å². The summed E-state index contributed by atoms with van der Waals surface area (Å²) in [5.41, 5.74) is 3.79. The molecule has 41 heavy (non-hydrogen) atoms. The molecule has 1 unspecified atom stereocenters. The van der Waals surface area contributed by atoms with E-state index in [9.17, 15) is 4.79 Å². The first kappa shape index (κ1) is 30.5. The van der Waals surface area contributed by atoms with Crippen LogP contribution in [-0.2, 0) is 35.6 Å². The zero-order valence-corrected chi connectivity index (χ0v) is 26.6. The van der Waals surface area contributed by atoms with Crippen LogP contribution < -0.4 is 5.32 Å². The summed E-state index contributed by atoms with van der Waals surface area (Å²) in [7, 11) is -1.13. The molecule has 1 amide bonds. The van der Waals surface area contributed by atoms with E-state index in [1.54, 1.807) is 6.20 Å². The number of nitrogens with zero attached hydrogens (tertiary/aromatic N) is 4. The molecule has 0 bridgehead atoms. The molecule has 4 aromatic rings. The topological polar surface area (TPSA) is 83.2 Å². The van der Waals surface area contributed by atoms with Gasteiger partial charge in [0.2, 0.25) is 0 Å². The van der Waals surface area contributed by atoms with E-state index in [4.69, 9.17) is 14.6 Å². The smallest absolute Gasteiger partial charge is 0.408 e. The van der Waals surface area contributed by atoms with E-state index >= 15 is 0 Å². The molecule has 220 valence electrons. The van der Waals surface area contributed by atoms with Crippen LogP contribution in [-0.4, -0.2) is 45.7 Å². The van der Waals surface area contributed by atoms with Crippen molar-refractivity contribution in [1.82, 2.24) is 24.6 Å². The number of aromatic nitrogens is 4. The summed E-state index contributed by atoms with van der Waals surface area (Å²) >= 11 is 0. The van der Waals surface area contributed by atoms with Crippen molar-refractivity contribution in [3.05, 3.63) is 83.6 Å². The Bertz CT molecular complexity index is 1430. The molecule has 0 radical (unpaired) electrons. The van der Waals surface area contributed by atoms with Crippen molar-refractivity contribution < 1.29 is 14.3 Å². The number of ether oxygens (including phenoxy) is 2. The van der Waals surface area contributed by atoms with Gasteiger partial charge in [0.05, 0.1) is 11.6 Å². The van der Waals surface area contributed by atoms with Gasteiger partial charge in [-0.2, -0.15) is 5.10 Å². The van der Waals surface area contributed by atoms with Crippen LogP contribution in [0.3, 0.4) is 0 Å². The molecule has 1 N–H and O–H groups in total. The van der Waals surface area contributed by atoms with Gasteiger partial charge >= 0.3 is 6.09 Å². The number of carbonyl (C=O) groups excluding carboxylic acids is 1. The number of carbonyl (C=O) groups is 1. The quantitative estimate of drug-likeness (QED) is 0.147. The molecule has 8 nitrogen and oxygen atoms in total. The average molecular weight is 576 g/mol. The number of fused-ring (bicyclic) bond motifs is 1. The maximum atomic E-state index is 12.9. The summed E-state index contributed by atoms with van der Waals surface area (Å²) in [5.74, 6) is 0.802. The van der Waals surface area contributed by atoms with Gasteiger partial charge in [0, 0.05) is 51.6 Å². The lowest BCUT2D eigenvalue weighted by Gasteiger charge is -2.24. The predicted octanol–water partition coefficient (Wildman–Crippen LogP) is 6.90. The number of hydrogen-bond donors (Lipinski definition) is 1. The van der Waals surface area contributed by atoms with Crippen LogP contribution in [0.5, 0.6) is 0 Å². The highest BCUT2D eigenvalue weighted by Gasteiger charge is 2.24. The van der Waals surface area contributed by atoms with Gasteiger partial charge in [-0.1, -0.05) is 56.0 Å². The van der Waals surface area contributed by atoms with E-state index in [0.29, 0.717) is 13.2 Å². The number of imidazole rings is 1. The number of benzene rings is 2. The van der Waals surface area contributed by atoms with Gasteiger partial charge in [0.25, 0.3) is 0 Å². The third-order valence-electron chi connectivity index (χ3n) is 6.80. The Morgan fingerprint density at radius 3 is 2.56 bits per heavy atom. The fourth-order valence-electron chi connectivity index (χ4n) is 4.76. The number of hydrogen-bond acceptors (Lipinski definition) is 5. The first-order chi connectivity index (χ1) is 19.4. The Kier molecular flexibility index (Phi) is 9.71. The van der Waals surface area contributed by atoms with Gasteiger partial charge in [-0.25, -0.2) is 14.5 Å². The molecule has 0 aliphatic carbocycles. The molecule has 0 saturated carbocycles. The largest absolute Gasteiger partial charge is 0.444 e.